The quantitative estimate of drug-likeness (QED) is 0.900. The summed E-state index contributed by atoms with van der Waals surface area (Å²) in [6.45, 7) is 4.94. The number of hydrogen-bond acceptors (Lipinski definition) is 3. The summed E-state index contributed by atoms with van der Waals surface area (Å²) in [7, 11) is -3.25. The third-order valence-electron chi connectivity index (χ3n) is 3.90. The van der Waals surface area contributed by atoms with Gasteiger partial charge in [-0.3, -0.25) is 4.79 Å². The van der Waals surface area contributed by atoms with Crippen molar-refractivity contribution in [3.05, 3.63) is 65.0 Å². The molecule has 0 aliphatic rings. The molecule has 0 aromatic heterocycles. The summed E-state index contributed by atoms with van der Waals surface area (Å²) in [6.07, 6.45) is 0. The van der Waals surface area contributed by atoms with Gasteiger partial charge in [-0.1, -0.05) is 31.2 Å². The van der Waals surface area contributed by atoms with E-state index in [0.29, 0.717) is 5.56 Å². The molecule has 2 rings (SSSR count). The zero-order chi connectivity index (χ0) is 17.9. The molecule has 2 aromatic carbocycles. The average Bonchev–Trinajstić information content (AvgIpc) is 2.57. The van der Waals surface area contributed by atoms with Crippen LogP contribution in [0.25, 0.3) is 0 Å². The van der Waals surface area contributed by atoms with Crippen LogP contribution in [0.15, 0.2) is 47.4 Å². The largest absolute Gasteiger partial charge is 0.345 e. The predicted molar refractivity (Wildman–Crippen MR) is 91.2 cm³/mol. The highest BCUT2D eigenvalue weighted by molar-refractivity contribution is 7.91. The summed E-state index contributed by atoms with van der Waals surface area (Å²) in [4.78, 5) is 12.5. The molecule has 0 aliphatic carbocycles. The minimum absolute atomic E-state index is 0.00738. The summed E-state index contributed by atoms with van der Waals surface area (Å²) in [5.41, 5.74) is 1.14. The van der Waals surface area contributed by atoms with Gasteiger partial charge in [-0.15, -0.1) is 0 Å². The molecule has 0 radical (unpaired) electrons. The first-order chi connectivity index (χ1) is 11.3. The van der Waals surface area contributed by atoms with Crippen molar-refractivity contribution in [1.82, 2.24) is 5.32 Å². The average molecular weight is 349 g/mol. The van der Waals surface area contributed by atoms with Crippen LogP contribution in [0.4, 0.5) is 4.39 Å². The zero-order valence-electron chi connectivity index (χ0n) is 13.8. The van der Waals surface area contributed by atoms with Crippen LogP contribution in [-0.2, 0) is 9.84 Å². The van der Waals surface area contributed by atoms with E-state index in [1.807, 2.05) is 0 Å². The van der Waals surface area contributed by atoms with E-state index in [4.69, 9.17) is 0 Å². The molecule has 6 heteroatoms. The van der Waals surface area contributed by atoms with Crippen molar-refractivity contribution in [1.29, 1.82) is 0 Å². The van der Waals surface area contributed by atoms with Gasteiger partial charge in [0.05, 0.1) is 22.3 Å². The topological polar surface area (TPSA) is 63.2 Å². The summed E-state index contributed by atoms with van der Waals surface area (Å²) < 4.78 is 37.6. The molecule has 4 nitrogen and oxygen atoms in total. The van der Waals surface area contributed by atoms with Crippen LogP contribution in [0, 0.1) is 12.7 Å². The minimum atomic E-state index is -3.25. The lowest BCUT2D eigenvalue weighted by molar-refractivity contribution is 0.0935. The molecule has 0 aliphatic heterocycles. The van der Waals surface area contributed by atoms with E-state index in [1.54, 1.807) is 45.0 Å². The van der Waals surface area contributed by atoms with Crippen LogP contribution in [-0.4, -0.2) is 20.1 Å². The molecule has 0 heterocycles. The van der Waals surface area contributed by atoms with Crippen LogP contribution in [0.5, 0.6) is 0 Å². The maximum Gasteiger partial charge on any atom is 0.254 e. The van der Waals surface area contributed by atoms with Gasteiger partial charge in [-0.25, -0.2) is 12.8 Å². The third-order valence-corrected chi connectivity index (χ3v) is 5.65. The Balaban J connectivity index is 2.16. The highest BCUT2D eigenvalue weighted by Crippen LogP contribution is 2.19. The fourth-order valence-electron chi connectivity index (χ4n) is 2.31. The van der Waals surface area contributed by atoms with E-state index in [9.17, 15) is 17.6 Å². The van der Waals surface area contributed by atoms with Crippen molar-refractivity contribution in [2.45, 2.75) is 31.7 Å². The van der Waals surface area contributed by atoms with Crippen molar-refractivity contribution < 1.29 is 17.6 Å². The van der Waals surface area contributed by atoms with Crippen molar-refractivity contribution in [3.8, 4) is 0 Å². The van der Waals surface area contributed by atoms with Gasteiger partial charge in [0.2, 0.25) is 0 Å². The molecular weight excluding hydrogens is 329 g/mol. The fraction of sp³-hybridized carbons (Fsp3) is 0.278. The van der Waals surface area contributed by atoms with Gasteiger partial charge in [-0.2, -0.15) is 0 Å². The Hall–Kier alpha value is -2.21. The maximum absolute atomic E-state index is 14.0. The van der Waals surface area contributed by atoms with Gasteiger partial charge >= 0.3 is 0 Å². The van der Waals surface area contributed by atoms with Gasteiger partial charge < -0.3 is 5.32 Å². The molecule has 1 atom stereocenters. The molecular formula is C18H20FNO3S. The number of benzene rings is 2. The molecule has 1 amide bonds. The van der Waals surface area contributed by atoms with Crippen molar-refractivity contribution >= 4 is 15.7 Å². The Morgan fingerprint density at radius 3 is 2.38 bits per heavy atom. The molecule has 0 bridgehead atoms. The van der Waals surface area contributed by atoms with Crippen molar-refractivity contribution in [2.75, 3.05) is 5.75 Å². The van der Waals surface area contributed by atoms with Gasteiger partial charge in [-0.05, 0) is 43.2 Å². The molecule has 0 saturated carbocycles. The summed E-state index contributed by atoms with van der Waals surface area (Å²) >= 11 is 0. The second-order valence-corrected chi connectivity index (χ2v) is 7.88. The van der Waals surface area contributed by atoms with E-state index < -0.39 is 21.6 Å². The Morgan fingerprint density at radius 2 is 1.79 bits per heavy atom. The van der Waals surface area contributed by atoms with E-state index in [-0.39, 0.29) is 22.3 Å². The number of hydrogen-bond donors (Lipinski definition) is 1. The third kappa shape index (κ3) is 3.82. The summed E-state index contributed by atoms with van der Waals surface area (Å²) in [5, 5.41) is 2.72. The smallest absolute Gasteiger partial charge is 0.254 e. The van der Waals surface area contributed by atoms with Gasteiger partial charge in [0, 0.05) is 0 Å². The second-order valence-electron chi connectivity index (χ2n) is 5.60. The molecule has 0 unspecified atom stereocenters. The van der Waals surface area contributed by atoms with Gasteiger partial charge in [0.25, 0.3) is 5.91 Å². The normalized spacial score (nSPS) is 12.7. The molecule has 0 spiro atoms. The van der Waals surface area contributed by atoms with E-state index >= 15 is 0 Å². The molecule has 0 saturated heterocycles. The van der Waals surface area contributed by atoms with Crippen molar-refractivity contribution in [3.63, 3.8) is 0 Å². The van der Waals surface area contributed by atoms with Crippen LogP contribution in [0.1, 0.15) is 41.4 Å². The van der Waals surface area contributed by atoms with Crippen LogP contribution in [0.2, 0.25) is 0 Å². The molecule has 2 aromatic rings. The van der Waals surface area contributed by atoms with Gasteiger partial charge in [0.1, 0.15) is 5.82 Å². The Morgan fingerprint density at radius 1 is 1.17 bits per heavy atom. The number of sulfone groups is 1. The number of amides is 1. The lowest BCUT2D eigenvalue weighted by atomic mass is 10.1. The van der Waals surface area contributed by atoms with E-state index in [2.05, 4.69) is 5.32 Å². The Labute approximate surface area is 141 Å². The van der Waals surface area contributed by atoms with Crippen LogP contribution >= 0.6 is 0 Å². The zero-order valence-corrected chi connectivity index (χ0v) is 14.7. The Bertz CT molecular complexity index is 845. The van der Waals surface area contributed by atoms with Crippen LogP contribution in [0.3, 0.4) is 0 Å². The van der Waals surface area contributed by atoms with E-state index in [0.717, 1.165) is 5.56 Å². The minimum Gasteiger partial charge on any atom is -0.345 e. The Kier molecular flexibility index (Phi) is 5.39. The summed E-state index contributed by atoms with van der Waals surface area (Å²) in [6, 6.07) is 10.6. The molecule has 128 valence electrons. The molecule has 0 fully saturated rings. The number of aryl methyl sites for hydroxylation is 1. The maximum atomic E-state index is 14.0. The number of carbonyl (C=O) groups is 1. The number of nitrogens with one attached hydrogen (secondary N) is 1. The highest BCUT2D eigenvalue weighted by atomic mass is 32.2. The fourth-order valence-corrected chi connectivity index (χ4v) is 3.20. The van der Waals surface area contributed by atoms with Crippen LogP contribution < -0.4 is 5.32 Å². The number of rotatable bonds is 5. The first kappa shape index (κ1) is 18.1. The lowest BCUT2D eigenvalue weighted by Gasteiger charge is -2.15. The van der Waals surface area contributed by atoms with Crippen molar-refractivity contribution in [2.24, 2.45) is 0 Å². The summed E-state index contributed by atoms with van der Waals surface area (Å²) in [5.74, 6) is -1.01. The standard InChI is InChI=1S/C18H20FNO3S/c1-4-24(22,23)15-10-8-14(9-11-15)13(3)20-18(21)16-7-5-6-12(2)17(16)19/h5-11,13H,4H2,1-3H3,(H,20,21)/t13-/m1/s1. The molecule has 1 N–H and O–H groups in total. The van der Waals surface area contributed by atoms with Gasteiger partial charge in [0.15, 0.2) is 9.84 Å². The number of halogens is 1. The lowest BCUT2D eigenvalue weighted by Crippen LogP contribution is -2.27. The van der Waals surface area contributed by atoms with E-state index in [1.165, 1.54) is 18.2 Å². The first-order valence-corrected chi connectivity index (χ1v) is 9.30. The monoisotopic (exact) mass is 349 g/mol. The number of carbonyl (C=O) groups excluding carboxylic acids is 1. The highest BCUT2D eigenvalue weighted by Gasteiger charge is 2.17. The first-order valence-electron chi connectivity index (χ1n) is 7.65. The molecule has 24 heavy (non-hydrogen) atoms. The SMILES string of the molecule is CCS(=O)(=O)c1ccc([C@@H](C)NC(=O)c2cccc(C)c2F)cc1. The predicted octanol–water partition coefficient (Wildman–Crippen LogP) is 3.42. The second kappa shape index (κ2) is 7.13.